The summed E-state index contributed by atoms with van der Waals surface area (Å²) < 4.78 is 11.4. The second kappa shape index (κ2) is 9.80. The van der Waals surface area contributed by atoms with Gasteiger partial charge in [0.25, 0.3) is 5.91 Å². The molecular weight excluding hydrogens is 432 g/mol. The second-order valence-corrected chi connectivity index (χ2v) is 10.0. The zero-order chi connectivity index (χ0) is 23.7. The molecule has 34 heavy (non-hydrogen) atoms. The number of carbonyl (C=O) groups is 3. The van der Waals surface area contributed by atoms with Gasteiger partial charge in [0.05, 0.1) is 12.5 Å². The van der Waals surface area contributed by atoms with E-state index in [-0.39, 0.29) is 41.7 Å². The smallest absolute Gasteiger partial charge is 0.309 e. The Balaban J connectivity index is 1.10. The van der Waals surface area contributed by atoms with Gasteiger partial charge in [0.2, 0.25) is 5.91 Å². The molecule has 1 saturated heterocycles. The summed E-state index contributed by atoms with van der Waals surface area (Å²) in [7, 11) is 0. The number of rotatable bonds is 8. The van der Waals surface area contributed by atoms with Crippen molar-refractivity contribution in [2.75, 3.05) is 26.2 Å². The van der Waals surface area contributed by atoms with Crippen molar-refractivity contribution in [3.8, 4) is 5.75 Å². The quantitative estimate of drug-likeness (QED) is 0.470. The summed E-state index contributed by atoms with van der Waals surface area (Å²) in [6.45, 7) is 4.17. The van der Waals surface area contributed by atoms with E-state index in [1.807, 2.05) is 24.0 Å². The highest BCUT2D eigenvalue weighted by atomic mass is 16.5. The number of hydrogen-bond donors (Lipinski definition) is 1. The van der Waals surface area contributed by atoms with Gasteiger partial charge in [-0.1, -0.05) is 12.2 Å². The minimum Gasteiger partial charge on any atom is -0.490 e. The molecule has 4 unspecified atom stereocenters. The van der Waals surface area contributed by atoms with Crippen LogP contribution in [0.2, 0.25) is 0 Å². The molecule has 7 heteroatoms. The molecule has 1 aliphatic heterocycles. The van der Waals surface area contributed by atoms with Crippen LogP contribution in [0.5, 0.6) is 5.75 Å². The average molecular weight is 467 g/mol. The number of ether oxygens (including phenoxy) is 2. The zero-order valence-corrected chi connectivity index (χ0v) is 19.8. The van der Waals surface area contributed by atoms with E-state index >= 15 is 0 Å². The number of nitrogens with zero attached hydrogens (tertiary/aromatic N) is 1. The van der Waals surface area contributed by atoms with Gasteiger partial charge in [-0.05, 0) is 68.2 Å². The summed E-state index contributed by atoms with van der Waals surface area (Å²) in [5.74, 6) is 1.48. The number of amides is 2. The summed E-state index contributed by atoms with van der Waals surface area (Å²) in [6, 6.07) is 7.22. The Bertz CT molecular complexity index is 946. The van der Waals surface area contributed by atoms with E-state index in [0.717, 1.165) is 50.9 Å². The first-order chi connectivity index (χ1) is 16.5. The van der Waals surface area contributed by atoms with Crippen LogP contribution in [0.1, 0.15) is 49.4 Å². The molecule has 1 heterocycles. The van der Waals surface area contributed by atoms with Gasteiger partial charge in [0, 0.05) is 44.0 Å². The average Bonchev–Trinajstić information content (AvgIpc) is 3.51. The van der Waals surface area contributed by atoms with E-state index in [0.29, 0.717) is 30.5 Å². The molecule has 4 aliphatic rings. The lowest BCUT2D eigenvalue weighted by molar-refractivity contribution is -0.150. The van der Waals surface area contributed by atoms with Crippen LogP contribution in [0.3, 0.4) is 0 Å². The van der Waals surface area contributed by atoms with Crippen LogP contribution in [-0.4, -0.2) is 55.0 Å². The van der Waals surface area contributed by atoms with Crippen molar-refractivity contribution in [1.29, 1.82) is 0 Å². The third-order valence-corrected chi connectivity index (χ3v) is 7.78. The maximum atomic E-state index is 12.7. The van der Waals surface area contributed by atoms with Crippen molar-refractivity contribution in [2.45, 2.75) is 45.1 Å². The number of piperidine rings is 1. The standard InChI is InChI=1S/C27H34N2O5/c1-2-33-27(32)24-20-6-5-19(15-20)23(24)16-28-25(30)17-7-9-21(10-8-17)34-22-11-13-29(14-12-22)26(31)18-3-4-18/h5-10,18-20,22-24H,2-4,11-16H2,1H3,(H,28,30). The summed E-state index contributed by atoms with van der Waals surface area (Å²) in [4.78, 5) is 39.4. The summed E-state index contributed by atoms with van der Waals surface area (Å²) in [6.07, 6.45) is 9.10. The summed E-state index contributed by atoms with van der Waals surface area (Å²) in [5, 5.41) is 3.02. The van der Waals surface area contributed by atoms with Gasteiger partial charge >= 0.3 is 5.97 Å². The second-order valence-electron chi connectivity index (χ2n) is 10.0. The van der Waals surface area contributed by atoms with Crippen LogP contribution in [0.4, 0.5) is 0 Å². The number of nitrogens with one attached hydrogen (secondary N) is 1. The van der Waals surface area contributed by atoms with Crippen LogP contribution >= 0.6 is 0 Å². The van der Waals surface area contributed by atoms with Crippen LogP contribution in [0.15, 0.2) is 36.4 Å². The van der Waals surface area contributed by atoms with Gasteiger partial charge in [-0.2, -0.15) is 0 Å². The molecular formula is C27H34N2O5. The molecule has 1 aromatic carbocycles. The van der Waals surface area contributed by atoms with Crippen molar-refractivity contribution in [3.05, 3.63) is 42.0 Å². The predicted molar refractivity (Wildman–Crippen MR) is 126 cm³/mol. The van der Waals surface area contributed by atoms with Gasteiger partial charge in [0.15, 0.2) is 0 Å². The Morgan fingerprint density at radius 3 is 2.38 bits per heavy atom. The molecule has 1 N–H and O–H groups in total. The van der Waals surface area contributed by atoms with E-state index in [9.17, 15) is 14.4 Å². The van der Waals surface area contributed by atoms with Crippen molar-refractivity contribution in [2.24, 2.45) is 29.6 Å². The van der Waals surface area contributed by atoms with Crippen molar-refractivity contribution in [1.82, 2.24) is 10.2 Å². The Kier molecular flexibility index (Phi) is 6.61. The van der Waals surface area contributed by atoms with Crippen LogP contribution in [0.25, 0.3) is 0 Å². The maximum Gasteiger partial charge on any atom is 0.309 e. The molecule has 4 atom stereocenters. The van der Waals surface area contributed by atoms with E-state index in [2.05, 4.69) is 17.5 Å². The van der Waals surface area contributed by atoms with Gasteiger partial charge in [-0.15, -0.1) is 0 Å². The number of hydrogen-bond acceptors (Lipinski definition) is 5. The first kappa shape index (κ1) is 22.9. The Morgan fingerprint density at radius 1 is 1.00 bits per heavy atom. The molecule has 3 fully saturated rings. The molecule has 7 nitrogen and oxygen atoms in total. The molecule has 3 aliphatic carbocycles. The first-order valence-electron chi connectivity index (χ1n) is 12.7. The third-order valence-electron chi connectivity index (χ3n) is 7.78. The number of benzene rings is 1. The molecule has 182 valence electrons. The zero-order valence-electron chi connectivity index (χ0n) is 19.8. The van der Waals surface area contributed by atoms with Crippen LogP contribution in [0, 0.1) is 29.6 Å². The summed E-state index contributed by atoms with van der Waals surface area (Å²) >= 11 is 0. The molecule has 2 bridgehead atoms. The first-order valence-corrected chi connectivity index (χ1v) is 12.7. The van der Waals surface area contributed by atoms with Crippen molar-refractivity contribution >= 4 is 17.8 Å². The van der Waals surface area contributed by atoms with Crippen molar-refractivity contribution < 1.29 is 23.9 Å². The molecule has 5 rings (SSSR count). The molecule has 2 amide bonds. The topological polar surface area (TPSA) is 84.9 Å². The molecule has 0 spiro atoms. The highest BCUT2D eigenvalue weighted by Crippen LogP contribution is 2.48. The fourth-order valence-corrected chi connectivity index (χ4v) is 5.76. The highest BCUT2D eigenvalue weighted by Gasteiger charge is 2.48. The number of esters is 1. The lowest BCUT2D eigenvalue weighted by Gasteiger charge is -2.32. The fourth-order valence-electron chi connectivity index (χ4n) is 5.76. The lowest BCUT2D eigenvalue weighted by Crippen LogP contribution is -2.42. The Hall–Kier alpha value is -2.83. The van der Waals surface area contributed by atoms with Gasteiger partial charge < -0.3 is 19.7 Å². The van der Waals surface area contributed by atoms with Gasteiger partial charge in [-0.3, -0.25) is 14.4 Å². The molecule has 0 aromatic heterocycles. The van der Waals surface area contributed by atoms with Crippen LogP contribution < -0.4 is 10.1 Å². The summed E-state index contributed by atoms with van der Waals surface area (Å²) in [5.41, 5.74) is 0.573. The monoisotopic (exact) mass is 466 g/mol. The number of likely N-dealkylation sites (tertiary alicyclic amines) is 1. The molecule has 1 aromatic rings. The van der Waals surface area contributed by atoms with E-state index in [1.165, 1.54) is 0 Å². The van der Waals surface area contributed by atoms with E-state index in [4.69, 9.17) is 9.47 Å². The minimum absolute atomic E-state index is 0.0817. The normalized spacial score (nSPS) is 28.1. The highest BCUT2D eigenvalue weighted by molar-refractivity contribution is 5.94. The predicted octanol–water partition coefficient (Wildman–Crippen LogP) is 3.20. The molecule has 0 radical (unpaired) electrons. The minimum atomic E-state index is -0.169. The third kappa shape index (κ3) is 4.84. The van der Waals surface area contributed by atoms with Crippen LogP contribution in [-0.2, 0) is 14.3 Å². The van der Waals surface area contributed by atoms with E-state index in [1.54, 1.807) is 12.1 Å². The number of fused-ring (bicyclic) bond motifs is 2. The molecule has 2 saturated carbocycles. The Labute approximate surface area is 200 Å². The Morgan fingerprint density at radius 2 is 1.71 bits per heavy atom. The lowest BCUT2D eigenvalue weighted by atomic mass is 9.83. The number of allylic oxidation sites excluding steroid dienone is 2. The largest absolute Gasteiger partial charge is 0.490 e. The van der Waals surface area contributed by atoms with Gasteiger partial charge in [-0.25, -0.2) is 0 Å². The van der Waals surface area contributed by atoms with Crippen molar-refractivity contribution in [3.63, 3.8) is 0 Å². The SMILES string of the molecule is CCOC(=O)C1C2C=CC(C2)C1CNC(=O)c1ccc(OC2CCN(C(=O)C3CC3)CC2)cc1. The maximum absolute atomic E-state index is 12.7. The number of carbonyl (C=O) groups excluding carboxylic acids is 3. The van der Waals surface area contributed by atoms with E-state index < -0.39 is 0 Å². The fraction of sp³-hybridized carbons (Fsp3) is 0.593. The van der Waals surface area contributed by atoms with Gasteiger partial charge in [0.1, 0.15) is 11.9 Å².